The van der Waals surface area contributed by atoms with Gasteiger partial charge in [-0.1, -0.05) is 46.3 Å². The van der Waals surface area contributed by atoms with Gasteiger partial charge in [-0.05, 0) is 66.6 Å². The summed E-state index contributed by atoms with van der Waals surface area (Å²) in [5, 5.41) is 0. The Hall–Kier alpha value is -2.98. The van der Waals surface area contributed by atoms with E-state index < -0.39 is 0 Å². The van der Waals surface area contributed by atoms with E-state index in [0.717, 1.165) is 38.0 Å². The predicted octanol–water partition coefficient (Wildman–Crippen LogP) is 6.98. The van der Waals surface area contributed by atoms with Crippen LogP contribution >= 0.6 is 15.9 Å². The highest BCUT2D eigenvalue weighted by Gasteiger charge is 2.08. The summed E-state index contributed by atoms with van der Waals surface area (Å²) in [4.78, 5) is 9.10. The quantitative estimate of drug-likeness (QED) is 0.336. The molecule has 0 unspecified atom stereocenters. The fraction of sp³-hybridized carbons (Fsp3) is 0.0435. The Labute approximate surface area is 166 Å². The lowest BCUT2D eigenvalue weighted by atomic mass is 10.2. The first-order chi connectivity index (χ1) is 13.2. The molecule has 0 spiro atoms. The van der Waals surface area contributed by atoms with Crippen molar-refractivity contribution in [1.82, 2.24) is 4.98 Å². The number of aromatic nitrogens is 1. The van der Waals surface area contributed by atoms with Gasteiger partial charge >= 0.3 is 0 Å². The number of benzene rings is 3. The first-order valence-electron chi connectivity index (χ1n) is 8.61. The Kier molecular flexibility index (Phi) is 4.99. The highest BCUT2D eigenvalue weighted by Crippen LogP contribution is 2.27. The number of allylic oxidation sites excluding steroid dienone is 1. The number of hydrogen-bond donors (Lipinski definition) is 0. The second kappa shape index (κ2) is 7.72. The van der Waals surface area contributed by atoms with Crippen LogP contribution in [0.4, 0.5) is 5.69 Å². The molecule has 3 nitrogen and oxygen atoms in total. The second-order valence-corrected chi connectivity index (χ2v) is 7.15. The van der Waals surface area contributed by atoms with Crippen LogP contribution in [0.25, 0.3) is 28.6 Å². The standard InChI is InChI=1S/C23H17BrN2O/c1-16-10-11-22-21(13-16)26-23(27-22)18-7-3-9-20(15-18)25-12-4-6-17-5-2-8-19(24)14-17/h2-15H,1H3/b6-4+,25-12?. The minimum absolute atomic E-state index is 0.609. The largest absolute Gasteiger partial charge is 0.436 e. The average molecular weight is 417 g/mol. The van der Waals surface area contributed by atoms with Gasteiger partial charge in [0.25, 0.3) is 0 Å². The van der Waals surface area contributed by atoms with Crippen molar-refractivity contribution >= 4 is 45.0 Å². The first kappa shape index (κ1) is 17.4. The monoisotopic (exact) mass is 416 g/mol. The second-order valence-electron chi connectivity index (χ2n) is 6.23. The molecule has 0 aliphatic rings. The Morgan fingerprint density at radius 1 is 1.00 bits per heavy atom. The summed E-state index contributed by atoms with van der Waals surface area (Å²) < 4.78 is 6.94. The van der Waals surface area contributed by atoms with E-state index in [9.17, 15) is 0 Å². The molecule has 132 valence electrons. The SMILES string of the molecule is Cc1ccc2oc(-c3cccc(N=C/C=C/c4cccc(Br)c4)c3)nc2c1. The molecule has 0 radical (unpaired) electrons. The van der Waals surface area contributed by atoms with Crippen LogP contribution in [0.1, 0.15) is 11.1 Å². The summed E-state index contributed by atoms with van der Waals surface area (Å²) >= 11 is 3.47. The molecule has 1 aromatic heterocycles. The molecule has 4 rings (SSSR count). The number of nitrogens with zero attached hydrogens (tertiary/aromatic N) is 2. The molecule has 27 heavy (non-hydrogen) atoms. The van der Waals surface area contributed by atoms with Crippen molar-refractivity contribution in [3.8, 4) is 11.5 Å². The van der Waals surface area contributed by atoms with Gasteiger partial charge in [0.1, 0.15) is 5.52 Å². The van der Waals surface area contributed by atoms with E-state index in [4.69, 9.17) is 4.42 Å². The van der Waals surface area contributed by atoms with E-state index >= 15 is 0 Å². The highest BCUT2D eigenvalue weighted by atomic mass is 79.9. The Morgan fingerprint density at radius 2 is 1.89 bits per heavy atom. The molecule has 0 aliphatic heterocycles. The molecule has 0 saturated heterocycles. The van der Waals surface area contributed by atoms with Crippen LogP contribution in [-0.4, -0.2) is 11.2 Å². The number of oxazole rings is 1. The van der Waals surface area contributed by atoms with Crippen molar-refractivity contribution in [2.75, 3.05) is 0 Å². The van der Waals surface area contributed by atoms with Gasteiger partial charge in [-0.3, -0.25) is 4.99 Å². The molecule has 4 heteroatoms. The summed E-state index contributed by atoms with van der Waals surface area (Å²) in [6.07, 6.45) is 5.73. The molecular weight excluding hydrogens is 400 g/mol. The number of rotatable bonds is 4. The van der Waals surface area contributed by atoms with Crippen LogP contribution in [0.3, 0.4) is 0 Å². The topological polar surface area (TPSA) is 38.4 Å². The molecular formula is C23H17BrN2O. The minimum atomic E-state index is 0.609. The molecule has 0 atom stereocenters. The lowest BCUT2D eigenvalue weighted by molar-refractivity contribution is 0.620. The maximum Gasteiger partial charge on any atom is 0.227 e. The summed E-state index contributed by atoms with van der Waals surface area (Å²) in [5.41, 5.74) is 5.71. The van der Waals surface area contributed by atoms with E-state index in [0.29, 0.717) is 5.89 Å². The molecule has 0 aliphatic carbocycles. The first-order valence-corrected chi connectivity index (χ1v) is 9.41. The van der Waals surface area contributed by atoms with Crippen LogP contribution in [0.2, 0.25) is 0 Å². The highest BCUT2D eigenvalue weighted by molar-refractivity contribution is 9.10. The minimum Gasteiger partial charge on any atom is -0.436 e. The van der Waals surface area contributed by atoms with E-state index in [2.05, 4.69) is 32.0 Å². The summed E-state index contributed by atoms with van der Waals surface area (Å²) in [5.74, 6) is 0.609. The maximum absolute atomic E-state index is 5.88. The predicted molar refractivity (Wildman–Crippen MR) is 116 cm³/mol. The van der Waals surface area contributed by atoms with Crippen molar-refractivity contribution in [3.63, 3.8) is 0 Å². The van der Waals surface area contributed by atoms with Gasteiger partial charge in [0.05, 0.1) is 5.69 Å². The van der Waals surface area contributed by atoms with Gasteiger partial charge in [0.2, 0.25) is 5.89 Å². The number of aliphatic imine (C=N–C) groups is 1. The van der Waals surface area contributed by atoms with Crippen molar-refractivity contribution in [2.45, 2.75) is 6.92 Å². The number of hydrogen-bond acceptors (Lipinski definition) is 3. The van der Waals surface area contributed by atoms with E-state index in [1.54, 1.807) is 6.21 Å². The van der Waals surface area contributed by atoms with Gasteiger partial charge in [-0.2, -0.15) is 0 Å². The molecule has 1 heterocycles. The average Bonchev–Trinajstić information content (AvgIpc) is 3.09. The zero-order chi connectivity index (χ0) is 18.6. The van der Waals surface area contributed by atoms with Crippen LogP contribution < -0.4 is 0 Å². The maximum atomic E-state index is 5.88. The van der Waals surface area contributed by atoms with Crippen molar-refractivity contribution in [1.29, 1.82) is 0 Å². The van der Waals surface area contributed by atoms with Crippen LogP contribution in [0.5, 0.6) is 0 Å². The van der Waals surface area contributed by atoms with Crippen LogP contribution in [-0.2, 0) is 0 Å². The van der Waals surface area contributed by atoms with Gasteiger partial charge in [0.15, 0.2) is 5.58 Å². The summed E-state index contributed by atoms with van der Waals surface area (Å²) in [6.45, 7) is 2.05. The fourth-order valence-corrected chi connectivity index (χ4v) is 3.19. The normalized spacial score (nSPS) is 11.8. The lowest BCUT2D eigenvalue weighted by Crippen LogP contribution is -1.77. The smallest absolute Gasteiger partial charge is 0.227 e. The molecule has 0 fully saturated rings. The molecule has 0 N–H and O–H groups in total. The number of aryl methyl sites for hydroxylation is 1. The summed E-state index contributed by atoms with van der Waals surface area (Å²) in [6, 6.07) is 22.0. The van der Waals surface area contributed by atoms with E-state index in [1.807, 2.05) is 79.7 Å². The summed E-state index contributed by atoms with van der Waals surface area (Å²) in [7, 11) is 0. The molecule has 4 aromatic rings. The third-order valence-electron chi connectivity index (χ3n) is 4.08. The Morgan fingerprint density at radius 3 is 2.78 bits per heavy atom. The molecule has 0 saturated carbocycles. The van der Waals surface area contributed by atoms with Crippen LogP contribution in [0.15, 0.2) is 86.7 Å². The van der Waals surface area contributed by atoms with Crippen molar-refractivity contribution in [2.24, 2.45) is 4.99 Å². The third kappa shape index (κ3) is 4.23. The fourth-order valence-electron chi connectivity index (χ4n) is 2.77. The van der Waals surface area contributed by atoms with Crippen LogP contribution in [0, 0.1) is 6.92 Å². The van der Waals surface area contributed by atoms with Crippen molar-refractivity contribution in [3.05, 3.63) is 88.4 Å². The third-order valence-corrected chi connectivity index (χ3v) is 4.58. The van der Waals surface area contributed by atoms with E-state index in [-0.39, 0.29) is 0 Å². The van der Waals surface area contributed by atoms with Crippen molar-refractivity contribution < 1.29 is 4.42 Å². The Balaban J connectivity index is 1.54. The Bertz CT molecular complexity index is 1160. The van der Waals surface area contributed by atoms with Gasteiger partial charge in [-0.25, -0.2) is 4.98 Å². The molecule has 0 bridgehead atoms. The molecule has 3 aromatic carbocycles. The lowest BCUT2D eigenvalue weighted by Gasteiger charge is -1.97. The van der Waals surface area contributed by atoms with Gasteiger partial charge in [0, 0.05) is 16.3 Å². The van der Waals surface area contributed by atoms with E-state index in [1.165, 1.54) is 0 Å². The number of fused-ring (bicyclic) bond motifs is 1. The van der Waals surface area contributed by atoms with Gasteiger partial charge in [-0.15, -0.1) is 0 Å². The zero-order valence-electron chi connectivity index (χ0n) is 14.8. The van der Waals surface area contributed by atoms with Gasteiger partial charge < -0.3 is 4.42 Å². The number of halogens is 1. The zero-order valence-corrected chi connectivity index (χ0v) is 16.3. The molecule has 0 amide bonds.